The van der Waals surface area contributed by atoms with E-state index in [2.05, 4.69) is 20.9 Å². The Morgan fingerprint density at radius 2 is 2.00 bits per heavy atom. The second-order valence-electron chi connectivity index (χ2n) is 5.70. The lowest BCUT2D eigenvalue weighted by atomic mass is 9.93. The second kappa shape index (κ2) is 5.93. The van der Waals surface area contributed by atoms with Crippen molar-refractivity contribution in [3.05, 3.63) is 49.9 Å². The van der Waals surface area contributed by atoms with Crippen LogP contribution in [0.3, 0.4) is 0 Å². The third kappa shape index (κ3) is 3.55. The van der Waals surface area contributed by atoms with Gasteiger partial charge in [0.25, 0.3) is 0 Å². The predicted octanol–water partition coefficient (Wildman–Crippen LogP) is 4.91. The van der Waals surface area contributed by atoms with Gasteiger partial charge in [-0.25, -0.2) is 13.8 Å². The monoisotopic (exact) mass is 373 g/mol. The van der Waals surface area contributed by atoms with E-state index in [4.69, 9.17) is 0 Å². The molecule has 0 aliphatic heterocycles. The molecule has 0 atom stereocenters. The molecule has 112 valence electrons. The number of benzene rings is 1. The molecule has 0 radical (unpaired) electrons. The highest BCUT2D eigenvalue weighted by molar-refractivity contribution is 9.10. The number of hydrogen-bond donors (Lipinski definition) is 0. The van der Waals surface area contributed by atoms with Gasteiger partial charge in [-0.1, -0.05) is 20.8 Å². The van der Waals surface area contributed by atoms with Gasteiger partial charge in [-0.15, -0.1) is 11.3 Å². The van der Waals surface area contributed by atoms with E-state index < -0.39 is 11.6 Å². The van der Waals surface area contributed by atoms with E-state index in [1.165, 1.54) is 17.4 Å². The third-order valence-corrected chi connectivity index (χ3v) is 4.59. The minimum Gasteiger partial charge on any atom is -0.294 e. The van der Waals surface area contributed by atoms with Crippen LogP contribution in [0.1, 0.15) is 41.8 Å². The molecule has 0 saturated heterocycles. The Labute approximate surface area is 134 Å². The molecule has 0 saturated carbocycles. The van der Waals surface area contributed by atoms with Crippen molar-refractivity contribution in [2.75, 3.05) is 0 Å². The van der Waals surface area contributed by atoms with Gasteiger partial charge in [0, 0.05) is 16.4 Å². The van der Waals surface area contributed by atoms with Gasteiger partial charge in [0.2, 0.25) is 0 Å². The molecule has 1 heterocycles. The number of nitrogens with zero attached hydrogens (tertiary/aromatic N) is 1. The van der Waals surface area contributed by atoms with Gasteiger partial charge in [-0.2, -0.15) is 0 Å². The molecule has 6 heteroatoms. The number of halogens is 3. The van der Waals surface area contributed by atoms with Crippen LogP contribution in [0, 0.1) is 11.6 Å². The van der Waals surface area contributed by atoms with Crippen LogP contribution < -0.4 is 0 Å². The Morgan fingerprint density at radius 3 is 2.57 bits per heavy atom. The number of Topliss-reactive ketones (excluding diaryl/α,β-unsaturated/α-hetero) is 1. The van der Waals surface area contributed by atoms with E-state index in [1.807, 2.05) is 26.2 Å². The molecule has 1 aromatic heterocycles. The number of aromatic nitrogens is 1. The van der Waals surface area contributed by atoms with Crippen molar-refractivity contribution in [1.29, 1.82) is 0 Å². The average molecular weight is 374 g/mol. The van der Waals surface area contributed by atoms with Crippen LogP contribution in [0.15, 0.2) is 22.0 Å². The first-order valence-corrected chi connectivity index (χ1v) is 7.99. The molecular formula is C15H14BrF2NOS. The summed E-state index contributed by atoms with van der Waals surface area (Å²) in [5.41, 5.74) is 0.960. The van der Waals surface area contributed by atoms with Gasteiger partial charge >= 0.3 is 0 Å². The predicted molar refractivity (Wildman–Crippen MR) is 82.9 cm³/mol. The highest BCUT2D eigenvalue weighted by Crippen LogP contribution is 2.27. The molecule has 2 aromatic rings. The topological polar surface area (TPSA) is 30.0 Å². The van der Waals surface area contributed by atoms with Crippen molar-refractivity contribution in [3.8, 4) is 0 Å². The van der Waals surface area contributed by atoms with E-state index in [9.17, 15) is 13.6 Å². The van der Waals surface area contributed by atoms with Gasteiger partial charge in [-0.05, 0) is 28.1 Å². The quantitative estimate of drug-likeness (QED) is 0.565. The van der Waals surface area contributed by atoms with Crippen LogP contribution in [0.25, 0.3) is 0 Å². The Kier molecular flexibility index (Phi) is 4.58. The molecule has 0 fully saturated rings. The first kappa shape index (κ1) is 16.2. The van der Waals surface area contributed by atoms with Crippen molar-refractivity contribution < 1.29 is 13.6 Å². The number of carbonyl (C=O) groups is 1. The van der Waals surface area contributed by atoms with Crippen LogP contribution in [0.5, 0.6) is 0 Å². The summed E-state index contributed by atoms with van der Waals surface area (Å²) in [7, 11) is 0. The molecule has 0 N–H and O–H groups in total. The summed E-state index contributed by atoms with van der Waals surface area (Å²) in [5.74, 6) is -2.33. The maximum atomic E-state index is 13.5. The van der Waals surface area contributed by atoms with Crippen molar-refractivity contribution in [2.24, 2.45) is 0 Å². The lowest BCUT2D eigenvalue weighted by Gasteiger charge is -2.14. The van der Waals surface area contributed by atoms with Crippen LogP contribution in [0.2, 0.25) is 0 Å². The van der Waals surface area contributed by atoms with Gasteiger partial charge in [-0.3, -0.25) is 4.79 Å². The zero-order chi connectivity index (χ0) is 15.8. The smallest absolute Gasteiger partial charge is 0.173 e. The molecule has 2 rings (SSSR count). The standard InChI is InChI=1S/C15H14BrF2NOS/c1-15(2,3)11-7-21-12(19-11)6-10(20)8-4-5-9(17)14(18)13(8)16/h4-5,7H,6H2,1-3H3. The van der Waals surface area contributed by atoms with Crippen LogP contribution >= 0.6 is 27.3 Å². The number of carbonyl (C=O) groups excluding carboxylic acids is 1. The summed E-state index contributed by atoms with van der Waals surface area (Å²) >= 11 is 4.33. The molecule has 0 aliphatic carbocycles. The Balaban J connectivity index is 2.23. The molecule has 21 heavy (non-hydrogen) atoms. The zero-order valence-corrected chi connectivity index (χ0v) is 14.2. The van der Waals surface area contributed by atoms with Crippen molar-refractivity contribution >= 4 is 33.0 Å². The Morgan fingerprint density at radius 1 is 1.33 bits per heavy atom. The first-order chi connectivity index (χ1) is 9.70. The summed E-state index contributed by atoms with van der Waals surface area (Å²) in [4.78, 5) is 16.6. The first-order valence-electron chi connectivity index (χ1n) is 6.31. The lowest BCUT2D eigenvalue weighted by Crippen LogP contribution is -2.12. The van der Waals surface area contributed by atoms with E-state index in [0.717, 1.165) is 11.8 Å². The SMILES string of the molecule is CC(C)(C)c1csc(CC(=O)c2ccc(F)c(F)c2Br)n1. The summed E-state index contributed by atoms with van der Waals surface area (Å²) in [6.45, 7) is 6.12. The minimum absolute atomic E-state index is 0.0738. The van der Waals surface area contributed by atoms with Gasteiger partial charge in [0.15, 0.2) is 17.4 Å². The number of ketones is 1. The van der Waals surface area contributed by atoms with Crippen molar-refractivity contribution in [2.45, 2.75) is 32.6 Å². The van der Waals surface area contributed by atoms with Gasteiger partial charge in [0.1, 0.15) is 5.01 Å². The Hall–Kier alpha value is -1.14. The highest BCUT2D eigenvalue weighted by Gasteiger charge is 2.21. The fourth-order valence-corrected chi connectivity index (χ4v) is 3.27. The lowest BCUT2D eigenvalue weighted by molar-refractivity contribution is 0.0991. The van der Waals surface area contributed by atoms with Crippen LogP contribution in [-0.4, -0.2) is 10.8 Å². The molecule has 0 amide bonds. The number of thiazole rings is 1. The molecule has 0 bridgehead atoms. The highest BCUT2D eigenvalue weighted by atomic mass is 79.9. The van der Waals surface area contributed by atoms with Crippen LogP contribution in [0.4, 0.5) is 8.78 Å². The van der Waals surface area contributed by atoms with Gasteiger partial charge < -0.3 is 0 Å². The summed E-state index contributed by atoms with van der Waals surface area (Å²) in [6, 6.07) is 2.23. The molecule has 0 aliphatic rings. The number of rotatable bonds is 3. The summed E-state index contributed by atoms with van der Waals surface area (Å²) in [6.07, 6.45) is 0.0738. The normalized spacial score (nSPS) is 11.7. The zero-order valence-electron chi connectivity index (χ0n) is 11.8. The van der Waals surface area contributed by atoms with E-state index in [1.54, 1.807) is 0 Å². The summed E-state index contributed by atoms with van der Waals surface area (Å²) in [5, 5.41) is 2.59. The third-order valence-electron chi connectivity index (χ3n) is 2.97. The summed E-state index contributed by atoms with van der Waals surface area (Å²) < 4.78 is 26.4. The van der Waals surface area contributed by atoms with Crippen molar-refractivity contribution in [1.82, 2.24) is 4.98 Å². The van der Waals surface area contributed by atoms with E-state index >= 15 is 0 Å². The van der Waals surface area contributed by atoms with Gasteiger partial charge in [0.05, 0.1) is 16.6 Å². The van der Waals surface area contributed by atoms with E-state index in [-0.39, 0.29) is 27.7 Å². The largest absolute Gasteiger partial charge is 0.294 e. The minimum atomic E-state index is -1.05. The average Bonchev–Trinajstić information content (AvgIpc) is 2.84. The maximum Gasteiger partial charge on any atom is 0.173 e. The molecule has 0 unspecified atom stereocenters. The molecule has 1 aromatic carbocycles. The fraction of sp³-hybridized carbons (Fsp3) is 0.333. The second-order valence-corrected chi connectivity index (χ2v) is 7.44. The maximum absolute atomic E-state index is 13.5. The Bertz CT molecular complexity index is 691. The molecule has 2 nitrogen and oxygen atoms in total. The van der Waals surface area contributed by atoms with Crippen molar-refractivity contribution in [3.63, 3.8) is 0 Å². The fourth-order valence-electron chi connectivity index (χ4n) is 1.71. The van der Waals surface area contributed by atoms with Crippen LogP contribution in [-0.2, 0) is 11.8 Å². The van der Waals surface area contributed by atoms with E-state index in [0.29, 0.717) is 5.01 Å². The molecule has 0 spiro atoms. The number of hydrogen-bond acceptors (Lipinski definition) is 3. The molecular weight excluding hydrogens is 360 g/mol.